The van der Waals surface area contributed by atoms with Crippen LogP contribution in [0, 0.1) is 13.8 Å². The van der Waals surface area contributed by atoms with Crippen LogP contribution in [0.4, 0.5) is 0 Å². The largest absolute Gasteiger partial charge is 0.352 e. The van der Waals surface area contributed by atoms with Crippen molar-refractivity contribution in [2.24, 2.45) is 0 Å². The molecular formula is C30H36N2O2. The first kappa shape index (κ1) is 25.2. The summed E-state index contributed by atoms with van der Waals surface area (Å²) >= 11 is 0. The number of hydrogen-bond acceptors (Lipinski definition) is 2. The first-order valence-electron chi connectivity index (χ1n) is 12.1. The maximum absolute atomic E-state index is 13.8. The Labute approximate surface area is 204 Å². The summed E-state index contributed by atoms with van der Waals surface area (Å²) in [6.07, 6.45) is 1.56. The number of nitrogens with one attached hydrogen (secondary N) is 1. The lowest BCUT2D eigenvalue weighted by atomic mass is 9.99. The molecule has 4 nitrogen and oxygen atoms in total. The van der Waals surface area contributed by atoms with Gasteiger partial charge in [-0.25, -0.2) is 0 Å². The van der Waals surface area contributed by atoms with Crippen LogP contribution < -0.4 is 5.32 Å². The van der Waals surface area contributed by atoms with Crippen molar-refractivity contribution in [3.63, 3.8) is 0 Å². The summed E-state index contributed by atoms with van der Waals surface area (Å²) in [5.74, 6) is -0.150. The molecule has 0 fully saturated rings. The van der Waals surface area contributed by atoms with E-state index in [1.54, 1.807) is 4.90 Å². The highest BCUT2D eigenvalue weighted by atomic mass is 16.2. The van der Waals surface area contributed by atoms with E-state index in [1.165, 1.54) is 0 Å². The Kier molecular flexibility index (Phi) is 9.03. The van der Waals surface area contributed by atoms with Gasteiger partial charge in [-0.2, -0.15) is 0 Å². The molecule has 178 valence electrons. The standard InChI is InChI=1S/C30H36N2O2/c1-5-24(4)31-30(34)28(19-25-15-7-6-8-16-25)32(21-27-18-12-10-14-23(27)3)29(33)20-26-17-11-9-13-22(26)2/h6-18,24,28H,5,19-21H2,1-4H3,(H,31,34)/t24-,28-/m1/s1. The van der Waals surface area contributed by atoms with Crippen molar-refractivity contribution in [3.05, 3.63) is 107 Å². The molecule has 0 heterocycles. The van der Waals surface area contributed by atoms with Crippen LogP contribution in [-0.4, -0.2) is 28.8 Å². The van der Waals surface area contributed by atoms with E-state index >= 15 is 0 Å². The average molecular weight is 457 g/mol. The molecule has 1 N–H and O–H groups in total. The lowest BCUT2D eigenvalue weighted by Gasteiger charge is -2.33. The van der Waals surface area contributed by atoms with Crippen LogP contribution in [0.3, 0.4) is 0 Å². The van der Waals surface area contributed by atoms with Gasteiger partial charge in [0.05, 0.1) is 6.42 Å². The highest BCUT2D eigenvalue weighted by molar-refractivity contribution is 5.89. The van der Waals surface area contributed by atoms with E-state index in [0.29, 0.717) is 13.0 Å². The quantitative estimate of drug-likeness (QED) is 0.444. The van der Waals surface area contributed by atoms with Gasteiger partial charge in [0, 0.05) is 19.0 Å². The number of nitrogens with zero attached hydrogens (tertiary/aromatic N) is 1. The minimum atomic E-state index is -0.604. The maximum Gasteiger partial charge on any atom is 0.243 e. The van der Waals surface area contributed by atoms with E-state index in [2.05, 4.69) is 5.32 Å². The van der Waals surface area contributed by atoms with Crippen LogP contribution in [-0.2, 0) is 29.0 Å². The molecule has 0 aromatic heterocycles. The number of rotatable bonds is 10. The minimum Gasteiger partial charge on any atom is -0.352 e. The zero-order valence-electron chi connectivity index (χ0n) is 20.8. The van der Waals surface area contributed by atoms with Crippen LogP contribution in [0.2, 0.25) is 0 Å². The Morgan fingerprint density at radius 1 is 0.824 bits per heavy atom. The topological polar surface area (TPSA) is 49.4 Å². The van der Waals surface area contributed by atoms with Crippen LogP contribution in [0.15, 0.2) is 78.9 Å². The molecule has 0 aliphatic rings. The van der Waals surface area contributed by atoms with Crippen molar-refractivity contribution in [2.75, 3.05) is 0 Å². The molecule has 3 rings (SSSR count). The number of amides is 2. The third-order valence-electron chi connectivity index (χ3n) is 6.48. The van der Waals surface area contributed by atoms with Gasteiger partial charge in [-0.1, -0.05) is 85.8 Å². The van der Waals surface area contributed by atoms with Crippen molar-refractivity contribution in [1.82, 2.24) is 10.2 Å². The summed E-state index contributed by atoms with van der Waals surface area (Å²) in [5, 5.41) is 3.13. The first-order valence-corrected chi connectivity index (χ1v) is 12.1. The number of benzene rings is 3. The van der Waals surface area contributed by atoms with Crippen molar-refractivity contribution < 1.29 is 9.59 Å². The molecule has 2 amide bonds. The summed E-state index contributed by atoms with van der Waals surface area (Å²) in [7, 11) is 0. The van der Waals surface area contributed by atoms with Crippen molar-refractivity contribution >= 4 is 11.8 Å². The van der Waals surface area contributed by atoms with Gasteiger partial charge >= 0.3 is 0 Å². The predicted molar refractivity (Wildman–Crippen MR) is 138 cm³/mol. The minimum absolute atomic E-state index is 0.0394. The third kappa shape index (κ3) is 6.80. The molecule has 0 aliphatic carbocycles. The Morgan fingerprint density at radius 2 is 1.38 bits per heavy atom. The van der Waals surface area contributed by atoms with Crippen LogP contribution >= 0.6 is 0 Å². The van der Waals surface area contributed by atoms with E-state index in [1.807, 2.05) is 107 Å². The molecule has 0 saturated heterocycles. The van der Waals surface area contributed by atoms with Gasteiger partial charge in [-0.3, -0.25) is 9.59 Å². The van der Waals surface area contributed by atoms with Gasteiger partial charge in [-0.15, -0.1) is 0 Å². The molecular weight excluding hydrogens is 420 g/mol. The third-order valence-corrected chi connectivity index (χ3v) is 6.48. The Hall–Kier alpha value is -3.40. The summed E-state index contributed by atoms with van der Waals surface area (Å²) in [4.78, 5) is 29.1. The molecule has 3 aromatic carbocycles. The monoisotopic (exact) mass is 456 g/mol. The van der Waals surface area contributed by atoms with Crippen LogP contribution in [0.1, 0.15) is 48.1 Å². The number of carbonyl (C=O) groups excluding carboxylic acids is 2. The second-order valence-electron chi connectivity index (χ2n) is 9.07. The molecule has 34 heavy (non-hydrogen) atoms. The predicted octanol–water partition coefficient (Wildman–Crippen LogP) is 5.40. The van der Waals surface area contributed by atoms with Gasteiger partial charge in [0.2, 0.25) is 11.8 Å². The molecule has 0 spiro atoms. The van der Waals surface area contributed by atoms with E-state index < -0.39 is 6.04 Å². The Bertz CT molecular complexity index is 1090. The zero-order valence-corrected chi connectivity index (χ0v) is 20.8. The molecule has 2 atom stereocenters. The molecule has 4 heteroatoms. The molecule has 0 bridgehead atoms. The molecule has 0 saturated carbocycles. The fourth-order valence-corrected chi connectivity index (χ4v) is 4.04. The molecule has 0 radical (unpaired) electrons. The van der Waals surface area contributed by atoms with E-state index in [-0.39, 0.29) is 24.3 Å². The molecule has 0 unspecified atom stereocenters. The summed E-state index contributed by atoms with van der Waals surface area (Å²) in [5.41, 5.74) is 5.26. The van der Waals surface area contributed by atoms with Gasteiger partial charge in [0.1, 0.15) is 6.04 Å². The van der Waals surface area contributed by atoms with Crippen molar-refractivity contribution in [1.29, 1.82) is 0 Å². The Balaban J connectivity index is 2.00. The highest BCUT2D eigenvalue weighted by Crippen LogP contribution is 2.19. The highest BCUT2D eigenvalue weighted by Gasteiger charge is 2.31. The van der Waals surface area contributed by atoms with E-state index in [9.17, 15) is 9.59 Å². The second kappa shape index (κ2) is 12.2. The van der Waals surface area contributed by atoms with Gasteiger partial charge in [0.25, 0.3) is 0 Å². The fourth-order valence-electron chi connectivity index (χ4n) is 4.04. The van der Waals surface area contributed by atoms with Crippen LogP contribution in [0.25, 0.3) is 0 Å². The molecule has 3 aromatic rings. The smallest absolute Gasteiger partial charge is 0.243 e. The summed E-state index contributed by atoms with van der Waals surface area (Å²) in [6, 6.07) is 25.4. The average Bonchev–Trinajstić information content (AvgIpc) is 2.84. The fraction of sp³-hybridized carbons (Fsp3) is 0.333. The lowest BCUT2D eigenvalue weighted by Crippen LogP contribution is -2.52. The van der Waals surface area contributed by atoms with Gasteiger partial charge in [0.15, 0.2) is 0 Å². The summed E-state index contributed by atoms with van der Waals surface area (Å²) < 4.78 is 0. The second-order valence-corrected chi connectivity index (χ2v) is 9.07. The Morgan fingerprint density at radius 3 is 1.97 bits per heavy atom. The van der Waals surface area contributed by atoms with Crippen LogP contribution in [0.5, 0.6) is 0 Å². The number of carbonyl (C=O) groups is 2. The normalized spacial score (nSPS) is 12.6. The van der Waals surface area contributed by atoms with Gasteiger partial charge < -0.3 is 10.2 Å². The number of aryl methyl sites for hydroxylation is 2. The SMILES string of the molecule is CC[C@@H](C)NC(=O)[C@@H](Cc1ccccc1)N(Cc1ccccc1C)C(=O)Cc1ccccc1C. The van der Waals surface area contributed by atoms with Crippen molar-refractivity contribution in [2.45, 2.75) is 65.6 Å². The summed E-state index contributed by atoms with van der Waals surface area (Å²) in [6.45, 7) is 8.50. The van der Waals surface area contributed by atoms with Gasteiger partial charge in [-0.05, 0) is 55.0 Å². The molecule has 0 aliphatic heterocycles. The zero-order chi connectivity index (χ0) is 24.5. The first-order chi connectivity index (χ1) is 16.4. The van der Waals surface area contributed by atoms with Crippen molar-refractivity contribution in [3.8, 4) is 0 Å². The van der Waals surface area contributed by atoms with E-state index in [4.69, 9.17) is 0 Å². The number of hydrogen-bond donors (Lipinski definition) is 1. The van der Waals surface area contributed by atoms with E-state index in [0.717, 1.165) is 34.2 Å². The lowest BCUT2D eigenvalue weighted by molar-refractivity contribution is -0.141. The maximum atomic E-state index is 13.8.